The van der Waals surface area contributed by atoms with E-state index < -0.39 is 59.0 Å². The Hall–Kier alpha value is -2.90. The van der Waals surface area contributed by atoms with Crippen LogP contribution >= 0.6 is 19.4 Å². The second-order valence-corrected chi connectivity index (χ2v) is 9.21. The van der Waals surface area contributed by atoms with Gasteiger partial charge in [-0.3, -0.25) is 9.59 Å². The van der Waals surface area contributed by atoms with Crippen molar-refractivity contribution in [1.82, 2.24) is 0 Å². The van der Waals surface area contributed by atoms with Crippen molar-refractivity contribution in [3.8, 4) is 0 Å². The molecule has 3 aromatic carbocycles. The van der Waals surface area contributed by atoms with Crippen LogP contribution in [-0.4, -0.2) is 11.3 Å². The Morgan fingerprint density at radius 3 is 1.97 bits per heavy atom. The van der Waals surface area contributed by atoms with Crippen molar-refractivity contribution in [2.24, 2.45) is 0 Å². The SMILES string of the molecule is Cc1cccc(Cl)c1C(=O)[PH](=O)c1c(C(F)(F)F)ccc(C(=O)c2ccccc2)c1C(F)(F)F. The Bertz CT molecular complexity index is 1280. The molecular formula is C23H14ClF6O3P. The van der Waals surface area contributed by atoms with Gasteiger partial charge in [-0.15, -0.1) is 0 Å². The van der Waals surface area contributed by atoms with Crippen molar-refractivity contribution in [3.05, 3.63) is 99.1 Å². The summed E-state index contributed by atoms with van der Waals surface area (Å²) in [6, 6.07) is 11.1. The van der Waals surface area contributed by atoms with Gasteiger partial charge >= 0.3 is 12.4 Å². The van der Waals surface area contributed by atoms with Gasteiger partial charge in [0.15, 0.2) is 13.6 Å². The molecule has 0 fully saturated rings. The molecule has 3 nitrogen and oxygen atoms in total. The summed E-state index contributed by atoms with van der Waals surface area (Å²) in [5.74, 6) is -1.24. The number of aryl methyl sites for hydroxylation is 1. The van der Waals surface area contributed by atoms with E-state index in [1.807, 2.05) is 0 Å². The van der Waals surface area contributed by atoms with Gasteiger partial charge < -0.3 is 4.57 Å². The Kier molecular flexibility index (Phi) is 7.10. The average Bonchev–Trinajstić information content (AvgIpc) is 2.76. The summed E-state index contributed by atoms with van der Waals surface area (Å²) < 4.78 is 96.9. The summed E-state index contributed by atoms with van der Waals surface area (Å²) in [6.45, 7) is 1.35. The molecule has 3 aromatic rings. The first-order chi connectivity index (χ1) is 15.7. The highest BCUT2D eigenvalue weighted by atomic mass is 35.5. The molecule has 0 aliphatic heterocycles. The number of hydrogen-bond acceptors (Lipinski definition) is 3. The molecule has 0 aliphatic carbocycles. The maximum absolute atomic E-state index is 14.2. The summed E-state index contributed by atoms with van der Waals surface area (Å²) in [7, 11) is -4.47. The number of halogens is 7. The van der Waals surface area contributed by atoms with Crippen molar-refractivity contribution in [3.63, 3.8) is 0 Å². The van der Waals surface area contributed by atoms with Crippen LogP contribution in [0.4, 0.5) is 26.3 Å². The minimum atomic E-state index is -5.54. The van der Waals surface area contributed by atoms with Crippen LogP contribution in [0.5, 0.6) is 0 Å². The van der Waals surface area contributed by atoms with Crippen molar-refractivity contribution in [1.29, 1.82) is 0 Å². The summed E-state index contributed by atoms with van der Waals surface area (Å²) >= 11 is 5.94. The molecule has 0 N–H and O–H groups in total. The molecule has 1 unspecified atom stereocenters. The second-order valence-electron chi connectivity index (χ2n) is 7.19. The van der Waals surface area contributed by atoms with Gasteiger partial charge in [0.05, 0.1) is 16.1 Å². The first kappa shape index (κ1) is 25.7. The van der Waals surface area contributed by atoms with Crippen LogP contribution in [0, 0.1) is 6.92 Å². The van der Waals surface area contributed by atoms with Crippen molar-refractivity contribution in [2.75, 3.05) is 0 Å². The Balaban J connectivity index is 2.37. The van der Waals surface area contributed by atoms with Crippen molar-refractivity contribution in [2.45, 2.75) is 19.3 Å². The molecule has 0 bridgehead atoms. The molecule has 0 heterocycles. The molecule has 178 valence electrons. The van der Waals surface area contributed by atoms with Gasteiger partial charge in [-0.25, -0.2) is 0 Å². The van der Waals surface area contributed by atoms with E-state index in [0.717, 1.165) is 0 Å². The molecule has 0 saturated heterocycles. The van der Waals surface area contributed by atoms with E-state index in [2.05, 4.69) is 0 Å². The number of hydrogen-bond donors (Lipinski definition) is 0. The molecule has 0 saturated carbocycles. The average molecular weight is 519 g/mol. The third-order valence-electron chi connectivity index (χ3n) is 4.96. The lowest BCUT2D eigenvalue weighted by Gasteiger charge is -2.21. The van der Waals surface area contributed by atoms with Gasteiger partial charge in [-0.05, 0) is 30.7 Å². The van der Waals surface area contributed by atoms with Crippen LogP contribution < -0.4 is 5.30 Å². The Morgan fingerprint density at radius 2 is 1.44 bits per heavy atom. The van der Waals surface area contributed by atoms with E-state index in [-0.39, 0.29) is 22.2 Å². The van der Waals surface area contributed by atoms with Crippen LogP contribution in [0.1, 0.15) is 43.0 Å². The van der Waals surface area contributed by atoms with Gasteiger partial charge in [0, 0.05) is 22.0 Å². The maximum atomic E-state index is 14.2. The maximum Gasteiger partial charge on any atom is 0.417 e. The number of ketones is 1. The number of benzene rings is 3. The minimum absolute atomic E-state index is 0.120. The van der Waals surface area contributed by atoms with E-state index in [1.165, 1.54) is 55.5 Å². The van der Waals surface area contributed by atoms with Crippen LogP contribution in [0.3, 0.4) is 0 Å². The lowest BCUT2D eigenvalue weighted by atomic mass is 9.95. The monoisotopic (exact) mass is 518 g/mol. The summed E-state index contributed by atoms with van der Waals surface area (Å²) in [6.07, 6.45) is -10.9. The summed E-state index contributed by atoms with van der Waals surface area (Å²) in [5, 5.41) is -2.04. The van der Waals surface area contributed by atoms with E-state index in [9.17, 15) is 40.5 Å². The van der Waals surface area contributed by atoms with Crippen LogP contribution in [0.15, 0.2) is 60.7 Å². The fourth-order valence-electron chi connectivity index (χ4n) is 3.45. The number of rotatable bonds is 5. The molecule has 0 spiro atoms. The Labute approximate surface area is 195 Å². The molecule has 3 rings (SSSR count). The van der Waals surface area contributed by atoms with E-state index in [0.29, 0.717) is 6.07 Å². The third-order valence-corrected chi connectivity index (χ3v) is 6.91. The topological polar surface area (TPSA) is 51.2 Å². The lowest BCUT2D eigenvalue weighted by molar-refractivity contribution is -0.141. The fourth-order valence-corrected chi connectivity index (χ4v) is 5.60. The van der Waals surface area contributed by atoms with Gasteiger partial charge in [-0.2, -0.15) is 26.3 Å². The first-order valence-electron chi connectivity index (χ1n) is 9.50. The Morgan fingerprint density at radius 1 is 0.824 bits per heavy atom. The quantitative estimate of drug-likeness (QED) is 0.209. The molecule has 0 aliphatic rings. The van der Waals surface area contributed by atoms with Crippen LogP contribution in [-0.2, 0) is 16.9 Å². The number of alkyl halides is 6. The van der Waals surface area contributed by atoms with Gasteiger partial charge in [-0.1, -0.05) is 54.1 Å². The fraction of sp³-hybridized carbons (Fsp3) is 0.130. The smallest absolute Gasteiger partial charge is 0.313 e. The van der Waals surface area contributed by atoms with Gasteiger partial charge in [0.2, 0.25) is 5.52 Å². The predicted octanol–water partition coefficient (Wildman–Crippen LogP) is 6.94. The predicted molar refractivity (Wildman–Crippen MR) is 115 cm³/mol. The summed E-state index contributed by atoms with van der Waals surface area (Å²) in [4.78, 5) is 25.7. The summed E-state index contributed by atoms with van der Waals surface area (Å²) in [5.41, 5.74) is -7.16. The van der Waals surface area contributed by atoms with E-state index >= 15 is 0 Å². The molecule has 11 heteroatoms. The molecule has 1 atom stereocenters. The zero-order chi connectivity index (χ0) is 25.4. The molecule has 0 radical (unpaired) electrons. The van der Waals surface area contributed by atoms with Gasteiger partial charge in [0.25, 0.3) is 0 Å². The highest BCUT2D eigenvalue weighted by molar-refractivity contribution is 7.71. The molecule has 0 amide bonds. The lowest BCUT2D eigenvalue weighted by Crippen LogP contribution is -2.30. The molecular weight excluding hydrogens is 505 g/mol. The van der Waals surface area contributed by atoms with Gasteiger partial charge in [0.1, 0.15) is 0 Å². The zero-order valence-corrected chi connectivity index (χ0v) is 18.9. The number of carbonyl (C=O) groups is 2. The van der Waals surface area contributed by atoms with Crippen LogP contribution in [0.2, 0.25) is 5.02 Å². The normalized spacial score (nSPS) is 12.9. The highest BCUT2D eigenvalue weighted by Crippen LogP contribution is 2.44. The first-order valence-corrected chi connectivity index (χ1v) is 11.3. The highest BCUT2D eigenvalue weighted by Gasteiger charge is 2.46. The molecule has 0 aromatic heterocycles. The second kappa shape index (κ2) is 9.39. The zero-order valence-electron chi connectivity index (χ0n) is 17.1. The minimum Gasteiger partial charge on any atom is -0.313 e. The van der Waals surface area contributed by atoms with E-state index in [4.69, 9.17) is 11.6 Å². The van der Waals surface area contributed by atoms with Crippen molar-refractivity contribution >= 4 is 36.0 Å². The van der Waals surface area contributed by atoms with Crippen molar-refractivity contribution < 1.29 is 40.5 Å². The number of carbonyl (C=O) groups excluding carboxylic acids is 2. The van der Waals surface area contributed by atoms with Crippen LogP contribution in [0.25, 0.3) is 0 Å². The largest absolute Gasteiger partial charge is 0.417 e. The third kappa shape index (κ3) is 4.95. The molecule has 34 heavy (non-hydrogen) atoms. The standard InChI is InChI=1S/C23H14ClF6O3P/c1-12-6-5-9-16(24)17(12)21(32)34(33)20-15(22(25,26)27)11-10-14(18(20)23(28,29)30)19(31)13-7-3-2-4-8-13/h2-11,34H,1H3. The van der Waals surface area contributed by atoms with E-state index in [1.54, 1.807) is 0 Å².